The van der Waals surface area contributed by atoms with E-state index in [9.17, 15) is 14.0 Å². The van der Waals surface area contributed by atoms with E-state index in [-0.39, 0.29) is 30.5 Å². The average Bonchev–Trinajstić information content (AvgIpc) is 2.37. The molecule has 0 heterocycles. The summed E-state index contributed by atoms with van der Waals surface area (Å²) in [5.74, 6) is -1.89. The first-order valence-electron chi connectivity index (χ1n) is 6.20. The van der Waals surface area contributed by atoms with Crippen LogP contribution >= 0.6 is 0 Å². The van der Waals surface area contributed by atoms with E-state index in [0.717, 1.165) is 0 Å². The van der Waals surface area contributed by atoms with Gasteiger partial charge in [-0.2, -0.15) is 0 Å². The highest BCUT2D eigenvalue weighted by atomic mass is 19.1. The quantitative estimate of drug-likeness (QED) is 0.858. The number of hydrogen-bond acceptors (Lipinski definition) is 2. The summed E-state index contributed by atoms with van der Waals surface area (Å²) in [6, 6.07) is 5.83. The van der Waals surface area contributed by atoms with Gasteiger partial charge in [-0.25, -0.2) is 4.39 Å². The molecule has 0 saturated carbocycles. The Bertz CT molecular complexity index is 462. The maximum Gasteiger partial charge on any atom is 0.323 e. The highest BCUT2D eigenvalue weighted by Crippen LogP contribution is 2.11. The molecule has 1 aromatic carbocycles. The zero-order chi connectivity index (χ0) is 14.4. The van der Waals surface area contributed by atoms with Crippen LogP contribution in [0.15, 0.2) is 24.3 Å². The van der Waals surface area contributed by atoms with Gasteiger partial charge in [-0.3, -0.25) is 9.59 Å². The molecule has 19 heavy (non-hydrogen) atoms. The first kappa shape index (κ1) is 15.1. The lowest BCUT2D eigenvalue weighted by atomic mass is 10.1. The number of halogens is 1. The molecule has 0 aromatic heterocycles. The van der Waals surface area contributed by atoms with Crippen LogP contribution in [0.5, 0.6) is 0 Å². The smallest absolute Gasteiger partial charge is 0.323 e. The number of amides is 1. The third-order valence-electron chi connectivity index (χ3n) is 3.05. The van der Waals surface area contributed by atoms with E-state index in [4.69, 9.17) is 5.11 Å². The summed E-state index contributed by atoms with van der Waals surface area (Å²) >= 11 is 0. The Morgan fingerprint density at radius 3 is 2.53 bits per heavy atom. The van der Waals surface area contributed by atoms with Gasteiger partial charge in [0.25, 0.3) is 0 Å². The van der Waals surface area contributed by atoms with E-state index in [1.165, 1.54) is 17.0 Å². The molecule has 104 valence electrons. The molecule has 1 atom stereocenters. The van der Waals surface area contributed by atoms with Crippen molar-refractivity contribution in [1.29, 1.82) is 0 Å². The van der Waals surface area contributed by atoms with Crippen LogP contribution in [0.2, 0.25) is 0 Å². The van der Waals surface area contributed by atoms with Gasteiger partial charge in [-0.05, 0) is 25.0 Å². The number of aliphatic carboxylic acids is 1. The van der Waals surface area contributed by atoms with Gasteiger partial charge in [0.05, 0.1) is 6.42 Å². The van der Waals surface area contributed by atoms with Crippen molar-refractivity contribution in [2.24, 2.45) is 0 Å². The number of hydrogen-bond donors (Lipinski definition) is 1. The highest BCUT2D eigenvalue weighted by molar-refractivity contribution is 5.83. The van der Waals surface area contributed by atoms with Gasteiger partial charge >= 0.3 is 5.97 Å². The Morgan fingerprint density at radius 1 is 1.37 bits per heavy atom. The van der Waals surface area contributed by atoms with Gasteiger partial charge in [0, 0.05) is 6.04 Å². The molecule has 0 aliphatic heterocycles. The minimum absolute atomic E-state index is 0.121. The number of carbonyl (C=O) groups excluding carboxylic acids is 1. The summed E-state index contributed by atoms with van der Waals surface area (Å²) in [5, 5.41) is 8.83. The maximum absolute atomic E-state index is 13.5. The van der Waals surface area contributed by atoms with E-state index in [1.807, 2.05) is 6.92 Å². The van der Waals surface area contributed by atoms with E-state index in [0.29, 0.717) is 6.42 Å². The lowest BCUT2D eigenvalue weighted by molar-refractivity contribution is -0.145. The summed E-state index contributed by atoms with van der Waals surface area (Å²) < 4.78 is 13.5. The molecule has 0 bridgehead atoms. The van der Waals surface area contributed by atoms with Gasteiger partial charge < -0.3 is 10.0 Å². The van der Waals surface area contributed by atoms with Crippen molar-refractivity contribution in [1.82, 2.24) is 4.90 Å². The third kappa shape index (κ3) is 4.35. The Balaban J connectivity index is 2.82. The topological polar surface area (TPSA) is 57.6 Å². The van der Waals surface area contributed by atoms with Crippen LogP contribution in [0.1, 0.15) is 25.8 Å². The molecule has 0 radical (unpaired) electrons. The molecule has 0 saturated heterocycles. The summed E-state index contributed by atoms with van der Waals surface area (Å²) in [6.07, 6.45) is 0.528. The standard InChI is InChI=1S/C14H18FNO3/c1-3-10(2)16(9-14(18)19)13(17)8-11-6-4-5-7-12(11)15/h4-7,10H,3,8-9H2,1-2H3,(H,18,19). The van der Waals surface area contributed by atoms with Crippen LogP contribution < -0.4 is 0 Å². The number of nitrogens with zero attached hydrogens (tertiary/aromatic N) is 1. The normalized spacial score (nSPS) is 11.9. The molecule has 1 unspecified atom stereocenters. The van der Waals surface area contributed by atoms with Crippen LogP contribution in [0.25, 0.3) is 0 Å². The highest BCUT2D eigenvalue weighted by Gasteiger charge is 2.22. The molecule has 0 fully saturated rings. The summed E-state index contributed by atoms with van der Waals surface area (Å²) in [6.45, 7) is 3.29. The van der Waals surface area contributed by atoms with E-state index in [2.05, 4.69) is 0 Å². The van der Waals surface area contributed by atoms with Gasteiger partial charge in [-0.15, -0.1) is 0 Å². The maximum atomic E-state index is 13.5. The fourth-order valence-corrected chi connectivity index (χ4v) is 1.76. The molecule has 1 amide bonds. The largest absolute Gasteiger partial charge is 0.480 e. The molecule has 0 aliphatic carbocycles. The molecule has 1 N–H and O–H groups in total. The van der Waals surface area contributed by atoms with Crippen LogP contribution in [-0.4, -0.2) is 34.5 Å². The van der Waals surface area contributed by atoms with Crippen molar-refractivity contribution < 1.29 is 19.1 Å². The molecule has 0 aliphatic rings. The minimum atomic E-state index is -1.07. The average molecular weight is 267 g/mol. The molecule has 5 heteroatoms. The Morgan fingerprint density at radius 2 is 2.00 bits per heavy atom. The molecule has 1 aromatic rings. The van der Waals surface area contributed by atoms with E-state index < -0.39 is 11.8 Å². The Hall–Kier alpha value is -1.91. The minimum Gasteiger partial charge on any atom is -0.480 e. The van der Waals surface area contributed by atoms with Crippen molar-refractivity contribution in [3.05, 3.63) is 35.6 Å². The van der Waals surface area contributed by atoms with Crippen molar-refractivity contribution >= 4 is 11.9 Å². The Kier molecular flexibility index (Phi) is 5.48. The lowest BCUT2D eigenvalue weighted by Gasteiger charge is -2.27. The first-order valence-corrected chi connectivity index (χ1v) is 6.20. The van der Waals surface area contributed by atoms with Crippen molar-refractivity contribution in [3.63, 3.8) is 0 Å². The van der Waals surface area contributed by atoms with Crippen molar-refractivity contribution in [2.75, 3.05) is 6.54 Å². The summed E-state index contributed by atoms with van der Waals surface area (Å²) in [7, 11) is 0. The fourth-order valence-electron chi connectivity index (χ4n) is 1.76. The molecule has 4 nitrogen and oxygen atoms in total. The van der Waals surface area contributed by atoms with E-state index >= 15 is 0 Å². The zero-order valence-corrected chi connectivity index (χ0v) is 11.1. The second-order valence-electron chi connectivity index (χ2n) is 4.44. The molecule has 1 rings (SSSR count). The van der Waals surface area contributed by atoms with Crippen molar-refractivity contribution in [3.8, 4) is 0 Å². The second-order valence-corrected chi connectivity index (χ2v) is 4.44. The monoisotopic (exact) mass is 267 g/mol. The fraction of sp³-hybridized carbons (Fsp3) is 0.429. The van der Waals surface area contributed by atoms with Gasteiger partial charge in [0.1, 0.15) is 12.4 Å². The van der Waals surface area contributed by atoms with Gasteiger partial charge in [0.2, 0.25) is 5.91 Å². The van der Waals surface area contributed by atoms with Crippen molar-refractivity contribution in [2.45, 2.75) is 32.7 Å². The summed E-state index contributed by atoms with van der Waals surface area (Å²) in [4.78, 5) is 24.2. The van der Waals surface area contributed by atoms with Gasteiger partial charge in [0.15, 0.2) is 0 Å². The van der Waals surface area contributed by atoms with Gasteiger partial charge in [-0.1, -0.05) is 25.1 Å². The lowest BCUT2D eigenvalue weighted by Crippen LogP contribution is -2.42. The number of carboxylic acid groups (broad SMARTS) is 1. The molecular formula is C14H18FNO3. The van der Waals surface area contributed by atoms with Crippen LogP contribution in [0, 0.1) is 5.82 Å². The number of carboxylic acids is 1. The SMILES string of the molecule is CCC(C)N(CC(=O)O)C(=O)Cc1ccccc1F. The van der Waals surface area contributed by atoms with Crippen LogP contribution in [0.3, 0.4) is 0 Å². The van der Waals surface area contributed by atoms with Crippen LogP contribution in [-0.2, 0) is 16.0 Å². The van der Waals surface area contributed by atoms with E-state index in [1.54, 1.807) is 19.1 Å². The number of rotatable bonds is 6. The number of carbonyl (C=O) groups is 2. The number of benzene rings is 1. The second kappa shape index (κ2) is 6.87. The van der Waals surface area contributed by atoms with Crippen LogP contribution in [0.4, 0.5) is 4.39 Å². The first-order chi connectivity index (χ1) is 8.95. The predicted octanol–water partition coefficient (Wildman–Crippen LogP) is 2.08. The third-order valence-corrected chi connectivity index (χ3v) is 3.05. The Labute approximate surface area is 111 Å². The summed E-state index contributed by atoms with van der Waals surface area (Å²) in [5.41, 5.74) is 0.284. The zero-order valence-electron chi connectivity index (χ0n) is 11.1. The predicted molar refractivity (Wildman–Crippen MR) is 69.2 cm³/mol. The molecular weight excluding hydrogens is 249 g/mol. The molecule has 0 spiro atoms.